The molecule has 1 rings (SSSR count). The van der Waals surface area contributed by atoms with Gasteiger partial charge in [0.25, 0.3) is 0 Å². The third-order valence-electron chi connectivity index (χ3n) is 3.22. The second kappa shape index (κ2) is 9.02. The molecule has 0 N–H and O–H groups in total. The average Bonchev–Trinajstić information content (AvgIpc) is 2.95. The van der Waals surface area contributed by atoms with Crippen LogP contribution >= 0.6 is 24.0 Å². The minimum Gasteiger partial charge on any atom is -0.229 e. The van der Waals surface area contributed by atoms with Crippen LogP contribution in [0.5, 0.6) is 0 Å². The van der Waals surface area contributed by atoms with E-state index in [1.165, 1.54) is 10.8 Å². The van der Waals surface area contributed by atoms with Crippen molar-refractivity contribution >= 4 is 53.5 Å². The highest BCUT2D eigenvalue weighted by Gasteiger charge is 2.27. The maximum absolute atomic E-state index is 12.4. The number of hydrogen-bond acceptors (Lipinski definition) is 8. The van der Waals surface area contributed by atoms with Gasteiger partial charge in [-0.25, -0.2) is 25.3 Å². The lowest BCUT2D eigenvalue weighted by atomic mass is 10.6. The molecule has 0 radical (unpaired) electrons. The molecule has 140 valence electrons. The van der Waals surface area contributed by atoms with E-state index >= 15 is 0 Å². The van der Waals surface area contributed by atoms with Crippen molar-refractivity contribution in [2.75, 3.05) is 28.8 Å². The van der Waals surface area contributed by atoms with E-state index in [1.807, 2.05) is 0 Å². The van der Waals surface area contributed by atoms with Gasteiger partial charge in [-0.2, -0.15) is 12.6 Å². The van der Waals surface area contributed by atoms with Gasteiger partial charge in [-0.05, 0) is 25.0 Å². The molecule has 1 heterocycles. The zero-order valence-corrected chi connectivity index (χ0v) is 17.5. The lowest BCUT2D eigenvalue weighted by Crippen LogP contribution is -2.17. The van der Waals surface area contributed by atoms with Crippen molar-refractivity contribution in [3.63, 3.8) is 0 Å². The second-order valence-electron chi connectivity index (χ2n) is 5.32. The van der Waals surface area contributed by atoms with Crippen molar-refractivity contribution in [2.45, 2.75) is 36.0 Å². The summed E-state index contributed by atoms with van der Waals surface area (Å²) in [5, 5.41) is 2.61. The maximum Gasteiger partial charge on any atom is 0.180 e. The van der Waals surface area contributed by atoms with Crippen molar-refractivity contribution in [2.24, 2.45) is 0 Å². The molecule has 0 aromatic carbocycles. The number of rotatable bonds is 11. The fourth-order valence-corrected chi connectivity index (χ4v) is 9.25. The average molecular weight is 435 g/mol. The van der Waals surface area contributed by atoms with E-state index in [-0.39, 0.29) is 39.2 Å². The second-order valence-corrected chi connectivity index (χ2v) is 13.0. The SMILES string of the molecule is CCCS(=O)(=O)CCCS(=O)(=O)c1cscc1S(=O)(=O)CCCS. The van der Waals surface area contributed by atoms with Crippen molar-refractivity contribution in [1.82, 2.24) is 0 Å². The fraction of sp³-hybridized carbons (Fsp3) is 0.692. The minimum atomic E-state index is -3.85. The van der Waals surface area contributed by atoms with Crippen LogP contribution < -0.4 is 0 Å². The molecular weight excluding hydrogens is 412 g/mol. The van der Waals surface area contributed by atoms with Crippen molar-refractivity contribution in [1.29, 1.82) is 0 Å². The monoisotopic (exact) mass is 434 g/mol. The van der Waals surface area contributed by atoms with E-state index in [1.54, 1.807) is 6.92 Å². The van der Waals surface area contributed by atoms with Gasteiger partial charge < -0.3 is 0 Å². The van der Waals surface area contributed by atoms with Gasteiger partial charge in [0, 0.05) is 16.5 Å². The molecule has 0 fully saturated rings. The molecule has 11 heteroatoms. The number of sulfone groups is 3. The summed E-state index contributed by atoms with van der Waals surface area (Å²) in [6.07, 6.45) is 0.764. The van der Waals surface area contributed by atoms with Crippen LogP contribution in [0.1, 0.15) is 26.2 Å². The highest BCUT2D eigenvalue weighted by Crippen LogP contribution is 2.28. The summed E-state index contributed by atoms with van der Waals surface area (Å²) >= 11 is 4.97. The first kappa shape index (κ1) is 21.9. The lowest BCUT2D eigenvalue weighted by Gasteiger charge is -2.07. The normalized spacial score (nSPS) is 13.2. The summed E-state index contributed by atoms with van der Waals surface area (Å²) in [7, 11) is -10.8. The van der Waals surface area contributed by atoms with Crippen LogP contribution in [-0.4, -0.2) is 54.0 Å². The molecule has 0 atom stereocenters. The first-order valence-corrected chi connectivity index (χ1v) is 14.1. The van der Waals surface area contributed by atoms with Crippen molar-refractivity contribution in [3.8, 4) is 0 Å². The Morgan fingerprint density at radius 1 is 0.833 bits per heavy atom. The summed E-state index contributed by atoms with van der Waals surface area (Å²) in [4.78, 5) is -0.412. The van der Waals surface area contributed by atoms with E-state index in [9.17, 15) is 25.3 Å². The third-order valence-corrected chi connectivity index (χ3v) is 10.3. The molecule has 24 heavy (non-hydrogen) atoms. The molecule has 0 saturated carbocycles. The molecule has 1 aromatic rings. The molecule has 0 spiro atoms. The molecular formula is C13H22O6S5. The molecule has 0 unspecified atom stereocenters. The van der Waals surface area contributed by atoms with Crippen LogP contribution in [0, 0.1) is 0 Å². The number of thiol groups is 1. The molecule has 1 aromatic heterocycles. The number of hydrogen-bond donors (Lipinski definition) is 1. The predicted octanol–water partition coefficient (Wildman–Crippen LogP) is 1.83. The Bertz CT molecular complexity index is 833. The molecule has 0 saturated heterocycles. The van der Waals surface area contributed by atoms with Crippen LogP contribution in [0.3, 0.4) is 0 Å². The third kappa shape index (κ3) is 6.32. The summed E-state index contributed by atoms with van der Waals surface area (Å²) in [6, 6.07) is 0. The Balaban J connectivity index is 2.92. The van der Waals surface area contributed by atoms with Crippen molar-refractivity contribution in [3.05, 3.63) is 10.8 Å². The van der Waals surface area contributed by atoms with Gasteiger partial charge in [0.05, 0.1) is 27.0 Å². The zero-order chi connectivity index (χ0) is 18.4. The van der Waals surface area contributed by atoms with E-state index in [0.29, 0.717) is 18.6 Å². The first-order chi connectivity index (χ1) is 11.1. The largest absolute Gasteiger partial charge is 0.229 e. The van der Waals surface area contributed by atoms with E-state index in [0.717, 1.165) is 11.3 Å². The minimum absolute atomic E-state index is 0.0227. The summed E-state index contributed by atoms with van der Waals surface area (Å²) in [5.41, 5.74) is 0. The Kier molecular flexibility index (Phi) is 8.24. The molecule has 0 amide bonds. The van der Waals surface area contributed by atoms with Gasteiger partial charge in [-0.15, -0.1) is 11.3 Å². The van der Waals surface area contributed by atoms with E-state index < -0.39 is 29.5 Å². The van der Waals surface area contributed by atoms with Gasteiger partial charge in [0.1, 0.15) is 9.84 Å². The van der Waals surface area contributed by atoms with E-state index in [2.05, 4.69) is 12.6 Å². The Labute approximate surface area is 153 Å². The first-order valence-electron chi connectivity index (χ1n) is 7.39. The van der Waals surface area contributed by atoms with Crippen LogP contribution in [0.4, 0.5) is 0 Å². The highest BCUT2D eigenvalue weighted by atomic mass is 32.2. The van der Waals surface area contributed by atoms with Gasteiger partial charge in [-0.1, -0.05) is 6.92 Å². The van der Waals surface area contributed by atoms with Gasteiger partial charge in [0.2, 0.25) is 0 Å². The van der Waals surface area contributed by atoms with E-state index in [4.69, 9.17) is 0 Å². The standard InChI is InChI=1S/C13H22O6S5/c1-2-6-22(14,15)7-4-9-24(18,19)13-11-21-10-12(13)23(16,17)8-3-5-20/h10-11,20H,2-9H2,1H3. The van der Waals surface area contributed by atoms with Crippen LogP contribution in [0.2, 0.25) is 0 Å². The highest BCUT2D eigenvalue weighted by molar-refractivity contribution is 7.95. The predicted molar refractivity (Wildman–Crippen MR) is 100 cm³/mol. The summed E-state index contributed by atoms with van der Waals surface area (Å²) < 4.78 is 72.6. The molecule has 0 bridgehead atoms. The van der Waals surface area contributed by atoms with Gasteiger partial charge in [0.15, 0.2) is 19.7 Å². The number of thiophene rings is 1. The van der Waals surface area contributed by atoms with Crippen LogP contribution in [-0.2, 0) is 29.5 Å². The lowest BCUT2D eigenvalue weighted by molar-refractivity contribution is 0.580. The maximum atomic E-state index is 12.4. The Hall–Kier alpha value is -0.100. The molecule has 0 aliphatic carbocycles. The molecule has 0 aliphatic rings. The topological polar surface area (TPSA) is 102 Å². The summed E-state index contributed by atoms with van der Waals surface area (Å²) in [6.45, 7) is 1.74. The van der Waals surface area contributed by atoms with Gasteiger partial charge in [-0.3, -0.25) is 0 Å². The molecule has 6 nitrogen and oxygen atoms in total. The smallest absolute Gasteiger partial charge is 0.180 e. The zero-order valence-electron chi connectivity index (χ0n) is 13.3. The van der Waals surface area contributed by atoms with Crippen molar-refractivity contribution < 1.29 is 25.3 Å². The fourth-order valence-electron chi connectivity index (χ4n) is 2.08. The van der Waals surface area contributed by atoms with Gasteiger partial charge >= 0.3 is 0 Å². The quantitative estimate of drug-likeness (QED) is 0.533. The van der Waals surface area contributed by atoms with Crippen LogP contribution in [0.25, 0.3) is 0 Å². The summed E-state index contributed by atoms with van der Waals surface area (Å²) in [5.74, 6) is -0.357. The Morgan fingerprint density at radius 2 is 1.33 bits per heavy atom. The molecule has 0 aliphatic heterocycles. The van der Waals surface area contributed by atoms with Crippen LogP contribution in [0.15, 0.2) is 20.6 Å². The Morgan fingerprint density at radius 3 is 1.79 bits per heavy atom.